The average molecular weight is 433 g/mol. The van der Waals surface area contributed by atoms with E-state index in [9.17, 15) is 4.79 Å². The first-order valence-electron chi connectivity index (χ1n) is 11.4. The van der Waals surface area contributed by atoms with Crippen molar-refractivity contribution in [2.45, 2.75) is 39.5 Å². The van der Waals surface area contributed by atoms with E-state index >= 15 is 0 Å². The monoisotopic (exact) mass is 432 g/mol. The molecular formula is C23H36N4O4. The first kappa shape index (κ1) is 23.2. The van der Waals surface area contributed by atoms with E-state index < -0.39 is 0 Å². The molecule has 0 radical (unpaired) electrons. The van der Waals surface area contributed by atoms with Gasteiger partial charge in [-0.25, -0.2) is 0 Å². The highest BCUT2D eigenvalue weighted by Gasteiger charge is 2.28. The molecule has 0 saturated heterocycles. The maximum absolute atomic E-state index is 11.8. The Hall–Kier alpha value is -2.48. The molecule has 0 bridgehead atoms. The molecule has 1 heterocycles. The number of hydrogen-bond donors (Lipinski definition) is 3. The summed E-state index contributed by atoms with van der Waals surface area (Å²) in [7, 11) is 0. The summed E-state index contributed by atoms with van der Waals surface area (Å²) in [5, 5.41) is 9.59. The van der Waals surface area contributed by atoms with Crippen LogP contribution in [-0.2, 0) is 9.53 Å². The molecule has 3 rings (SSSR count). The number of ether oxygens (including phenoxy) is 3. The topological polar surface area (TPSA) is 93.2 Å². The Balaban J connectivity index is 1.51. The number of carbonyl (C=O) groups excluding carboxylic acids is 1. The lowest BCUT2D eigenvalue weighted by molar-refractivity contribution is -0.122. The summed E-state index contributed by atoms with van der Waals surface area (Å²) < 4.78 is 17.1. The van der Waals surface area contributed by atoms with Crippen LogP contribution in [0, 0.1) is 11.8 Å². The van der Waals surface area contributed by atoms with Crippen LogP contribution in [-0.4, -0.2) is 57.9 Å². The van der Waals surface area contributed by atoms with Crippen molar-refractivity contribution in [2.24, 2.45) is 16.8 Å². The molecule has 0 atom stereocenters. The second-order valence-electron chi connectivity index (χ2n) is 8.38. The molecule has 1 saturated carbocycles. The normalized spacial score (nSPS) is 16.0. The molecule has 0 aromatic heterocycles. The molecule has 1 fully saturated rings. The second kappa shape index (κ2) is 12.4. The minimum absolute atomic E-state index is 0.151. The number of nitrogens with zero attached hydrogens (tertiary/aromatic N) is 1. The van der Waals surface area contributed by atoms with Crippen molar-refractivity contribution in [1.82, 2.24) is 10.6 Å². The third-order valence-electron chi connectivity index (χ3n) is 4.84. The Kier molecular flexibility index (Phi) is 9.27. The van der Waals surface area contributed by atoms with Crippen molar-refractivity contribution in [2.75, 3.05) is 51.4 Å². The lowest BCUT2D eigenvalue weighted by Crippen LogP contribution is -2.38. The molecule has 172 valence electrons. The second-order valence-corrected chi connectivity index (χ2v) is 8.38. The van der Waals surface area contributed by atoms with Gasteiger partial charge >= 0.3 is 0 Å². The fraction of sp³-hybridized carbons (Fsp3) is 0.652. The molecule has 0 spiro atoms. The summed E-state index contributed by atoms with van der Waals surface area (Å²) in [6, 6.07) is 5.79. The van der Waals surface area contributed by atoms with E-state index in [1.54, 1.807) is 0 Å². The van der Waals surface area contributed by atoms with Gasteiger partial charge in [-0.3, -0.25) is 9.79 Å². The largest absolute Gasteiger partial charge is 0.490 e. The Morgan fingerprint density at radius 3 is 2.71 bits per heavy atom. The van der Waals surface area contributed by atoms with Gasteiger partial charge in [0.25, 0.3) is 0 Å². The van der Waals surface area contributed by atoms with Crippen molar-refractivity contribution in [3.63, 3.8) is 0 Å². The van der Waals surface area contributed by atoms with E-state index in [0.29, 0.717) is 51.3 Å². The van der Waals surface area contributed by atoms with Crippen LogP contribution in [0.3, 0.4) is 0 Å². The molecular weight excluding hydrogens is 396 g/mol. The summed E-state index contributed by atoms with van der Waals surface area (Å²) >= 11 is 0. The van der Waals surface area contributed by atoms with E-state index in [1.165, 1.54) is 0 Å². The van der Waals surface area contributed by atoms with Gasteiger partial charge in [-0.05, 0) is 37.3 Å². The number of anilines is 1. The van der Waals surface area contributed by atoms with Gasteiger partial charge in [0.15, 0.2) is 17.5 Å². The minimum atomic E-state index is 0.151. The average Bonchev–Trinajstić information content (AvgIpc) is 3.60. The van der Waals surface area contributed by atoms with Crippen LogP contribution in [0.1, 0.15) is 39.5 Å². The molecule has 1 aliphatic carbocycles. The van der Waals surface area contributed by atoms with Crippen LogP contribution in [0.2, 0.25) is 0 Å². The summed E-state index contributed by atoms with van der Waals surface area (Å²) in [6.07, 6.45) is 3.74. The van der Waals surface area contributed by atoms with Gasteiger partial charge in [0.05, 0.1) is 13.2 Å². The molecule has 0 unspecified atom stereocenters. The number of fused-ring (bicyclic) bond motifs is 1. The molecule has 8 nitrogen and oxygen atoms in total. The first-order valence-corrected chi connectivity index (χ1v) is 11.4. The van der Waals surface area contributed by atoms with Crippen LogP contribution < -0.4 is 25.4 Å². The number of amides is 1. The number of guanidine groups is 1. The van der Waals surface area contributed by atoms with E-state index in [2.05, 4.69) is 34.8 Å². The lowest BCUT2D eigenvalue weighted by Gasteiger charge is -2.15. The van der Waals surface area contributed by atoms with Gasteiger partial charge in [-0.15, -0.1) is 0 Å². The highest BCUT2D eigenvalue weighted by molar-refractivity contribution is 5.94. The smallest absolute Gasteiger partial charge is 0.223 e. The maximum atomic E-state index is 11.8. The fourth-order valence-corrected chi connectivity index (χ4v) is 3.05. The molecule has 1 amide bonds. The van der Waals surface area contributed by atoms with E-state index in [-0.39, 0.29) is 11.8 Å². The molecule has 31 heavy (non-hydrogen) atoms. The Morgan fingerprint density at radius 1 is 1.16 bits per heavy atom. The minimum Gasteiger partial charge on any atom is -0.490 e. The van der Waals surface area contributed by atoms with Crippen LogP contribution in [0.25, 0.3) is 0 Å². The quantitative estimate of drug-likeness (QED) is 0.283. The number of hydrogen-bond acceptors (Lipinski definition) is 5. The molecule has 2 aliphatic rings. The van der Waals surface area contributed by atoms with Crippen molar-refractivity contribution >= 4 is 17.6 Å². The number of benzene rings is 1. The standard InChI is InChI=1S/C23H36N4O4/c1-17(2)16-29-12-3-9-25-23(26-11-10-24-22(28)18-5-6-18)27-19-7-8-20-21(15-19)31-14-4-13-30-20/h7-8,15,17-18H,3-6,9-14,16H2,1-2H3,(H,24,28)(H2,25,26,27). The van der Waals surface area contributed by atoms with Gasteiger partial charge in [0.2, 0.25) is 5.91 Å². The van der Waals surface area contributed by atoms with Crippen LogP contribution >= 0.6 is 0 Å². The maximum Gasteiger partial charge on any atom is 0.223 e. The van der Waals surface area contributed by atoms with Crippen LogP contribution in [0.15, 0.2) is 23.2 Å². The van der Waals surface area contributed by atoms with E-state index in [1.807, 2.05) is 18.2 Å². The lowest BCUT2D eigenvalue weighted by atomic mass is 10.2. The molecule has 1 aliphatic heterocycles. The van der Waals surface area contributed by atoms with Crippen molar-refractivity contribution in [3.05, 3.63) is 18.2 Å². The highest BCUT2D eigenvalue weighted by atomic mass is 16.5. The Bertz CT molecular complexity index is 734. The van der Waals surface area contributed by atoms with E-state index in [0.717, 1.165) is 49.5 Å². The van der Waals surface area contributed by atoms with Crippen molar-refractivity contribution in [1.29, 1.82) is 0 Å². The Morgan fingerprint density at radius 2 is 1.94 bits per heavy atom. The van der Waals surface area contributed by atoms with E-state index in [4.69, 9.17) is 14.2 Å². The van der Waals surface area contributed by atoms with Gasteiger partial charge < -0.3 is 30.2 Å². The predicted octanol–water partition coefficient (Wildman–Crippen LogP) is 2.79. The third-order valence-corrected chi connectivity index (χ3v) is 4.84. The SMILES string of the molecule is CC(C)COCCCN=C(NCCNC(=O)C1CC1)Nc1ccc2c(c1)OCCCO2. The zero-order valence-corrected chi connectivity index (χ0v) is 18.7. The molecule has 3 N–H and O–H groups in total. The summed E-state index contributed by atoms with van der Waals surface area (Å²) in [5.74, 6) is 3.07. The number of nitrogens with one attached hydrogen (secondary N) is 3. The number of carbonyl (C=O) groups is 1. The van der Waals surface area contributed by atoms with Gasteiger partial charge in [-0.1, -0.05) is 13.8 Å². The first-order chi connectivity index (χ1) is 15.1. The molecule has 1 aromatic carbocycles. The molecule has 8 heteroatoms. The van der Waals surface area contributed by atoms with Gasteiger partial charge in [-0.2, -0.15) is 0 Å². The zero-order valence-electron chi connectivity index (χ0n) is 18.7. The third kappa shape index (κ3) is 8.65. The van der Waals surface area contributed by atoms with Crippen LogP contribution in [0.4, 0.5) is 5.69 Å². The fourth-order valence-electron chi connectivity index (χ4n) is 3.05. The summed E-state index contributed by atoms with van der Waals surface area (Å²) in [5.41, 5.74) is 0.869. The number of aliphatic imine (C=N–C) groups is 1. The predicted molar refractivity (Wildman–Crippen MR) is 122 cm³/mol. The Labute approximate surface area is 185 Å². The van der Waals surface area contributed by atoms with Crippen molar-refractivity contribution in [3.8, 4) is 11.5 Å². The van der Waals surface area contributed by atoms with Crippen LogP contribution in [0.5, 0.6) is 11.5 Å². The van der Waals surface area contributed by atoms with Gasteiger partial charge in [0, 0.05) is 56.9 Å². The summed E-state index contributed by atoms with van der Waals surface area (Å²) in [4.78, 5) is 16.5. The van der Waals surface area contributed by atoms with Gasteiger partial charge in [0.1, 0.15) is 0 Å². The molecule has 1 aromatic rings. The summed E-state index contributed by atoms with van der Waals surface area (Å²) in [6.45, 7) is 8.86. The zero-order chi connectivity index (χ0) is 21.9. The number of rotatable bonds is 11. The highest BCUT2D eigenvalue weighted by Crippen LogP contribution is 2.32. The van der Waals surface area contributed by atoms with Crippen molar-refractivity contribution < 1.29 is 19.0 Å².